The van der Waals surface area contributed by atoms with Crippen LogP contribution in [0.15, 0.2) is 194 Å². The van der Waals surface area contributed by atoms with E-state index in [1.807, 2.05) is 0 Å². The maximum absolute atomic E-state index is 2.52. The Hall–Kier alpha value is -6.64. The normalized spacial score (nSPS) is 11.6. The van der Waals surface area contributed by atoms with E-state index in [4.69, 9.17) is 0 Å². The number of aromatic nitrogens is 1. The number of para-hydroxylation sites is 4. The number of nitrogens with zero attached hydrogens (tertiary/aromatic N) is 2. The molecule has 0 N–H and O–H groups in total. The summed E-state index contributed by atoms with van der Waals surface area (Å²) in [7, 11) is 0. The summed E-state index contributed by atoms with van der Waals surface area (Å²) in [5.41, 5.74) is 9.24. The molecule has 0 atom stereocenters. The molecular formula is C48H32N2. The van der Waals surface area contributed by atoms with E-state index in [2.05, 4.69) is 204 Å². The number of hydrogen-bond acceptors (Lipinski definition) is 1. The molecule has 0 saturated carbocycles. The molecule has 0 amide bonds. The van der Waals surface area contributed by atoms with Gasteiger partial charge in [0.25, 0.3) is 0 Å². The van der Waals surface area contributed by atoms with E-state index >= 15 is 0 Å². The van der Waals surface area contributed by atoms with Crippen molar-refractivity contribution in [2.75, 3.05) is 4.90 Å². The predicted octanol–water partition coefficient (Wildman–Crippen LogP) is 13.4. The standard InChI is InChI=1S/C48H32N2/c1-3-16-33(17-4-1)37-22-11-13-27-44(37)50(47-32-43-36-21-8-7-18-34(36)30-31-39(43)38-23-9-10-24-40(38)47)46-29-15-26-42-41-25-12-14-28-45(41)49(48(42)46)35-19-5-2-6-20-35/h1-32H. The minimum Gasteiger partial charge on any atom is -0.307 e. The molecule has 10 rings (SSSR count). The monoisotopic (exact) mass is 636 g/mol. The fourth-order valence-electron chi connectivity index (χ4n) is 7.97. The average Bonchev–Trinajstić information content (AvgIpc) is 3.54. The Bertz CT molecular complexity index is 2870. The first-order valence-electron chi connectivity index (χ1n) is 17.2. The minimum absolute atomic E-state index is 1.12. The average molecular weight is 637 g/mol. The molecule has 50 heavy (non-hydrogen) atoms. The van der Waals surface area contributed by atoms with Gasteiger partial charge in [-0.05, 0) is 68.9 Å². The quantitative estimate of drug-likeness (QED) is 0.171. The SMILES string of the molecule is c1ccc(-c2ccccc2N(c2cc3c4ccccc4ccc3c3ccccc23)c2cccc3c4ccccc4n(-c4ccccc4)c23)cc1. The van der Waals surface area contributed by atoms with Crippen LogP contribution in [0.3, 0.4) is 0 Å². The Labute approximate surface area is 290 Å². The van der Waals surface area contributed by atoms with Crippen molar-refractivity contribution in [1.82, 2.24) is 4.57 Å². The van der Waals surface area contributed by atoms with Gasteiger partial charge in [0.2, 0.25) is 0 Å². The summed E-state index contributed by atoms with van der Waals surface area (Å²) in [5, 5.41) is 9.90. The molecule has 1 heterocycles. The Kier molecular flexibility index (Phi) is 6.53. The Morgan fingerprint density at radius 2 is 0.940 bits per heavy atom. The van der Waals surface area contributed by atoms with Crippen molar-refractivity contribution in [3.8, 4) is 16.8 Å². The summed E-state index contributed by atoms with van der Waals surface area (Å²) in [6, 6.07) is 70.6. The van der Waals surface area contributed by atoms with Crippen molar-refractivity contribution in [1.29, 1.82) is 0 Å². The van der Waals surface area contributed by atoms with Crippen LogP contribution < -0.4 is 4.90 Å². The highest BCUT2D eigenvalue weighted by Gasteiger charge is 2.25. The number of fused-ring (bicyclic) bond motifs is 8. The van der Waals surface area contributed by atoms with Crippen LogP contribution in [0.1, 0.15) is 0 Å². The number of anilines is 3. The first-order chi connectivity index (χ1) is 24.8. The molecule has 0 bridgehead atoms. The van der Waals surface area contributed by atoms with Crippen LogP contribution in [0, 0.1) is 0 Å². The lowest BCUT2D eigenvalue weighted by atomic mass is 9.94. The first-order valence-corrected chi connectivity index (χ1v) is 17.2. The lowest BCUT2D eigenvalue weighted by molar-refractivity contribution is 1.17. The van der Waals surface area contributed by atoms with Gasteiger partial charge >= 0.3 is 0 Å². The van der Waals surface area contributed by atoms with Crippen LogP contribution >= 0.6 is 0 Å². The van der Waals surface area contributed by atoms with E-state index in [1.54, 1.807) is 0 Å². The van der Waals surface area contributed by atoms with Crippen LogP contribution in [0.4, 0.5) is 17.1 Å². The van der Waals surface area contributed by atoms with E-state index < -0.39 is 0 Å². The zero-order valence-corrected chi connectivity index (χ0v) is 27.4. The molecule has 0 aliphatic rings. The maximum Gasteiger partial charge on any atom is 0.0782 e. The fourth-order valence-corrected chi connectivity index (χ4v) is 7.97. The predicted molar refractivity (Wildman–Crippen MR) is 213 cm³/mol. The Morgan fingerprint density at radius 3 is 1.78 bits per heavy atom. The Balaban J connectivity index is 1.40. The molecule has 0 aliphatic carbocycles. The van der Waals surface area contributed by atoms with Gasteiger partial charge in [-0.25, -0.2) is 0 Å². The highest BCUT2D eigenvalue weighted by atomic mass is 15.2. The second-order valence-corrected chi connectivity index (χ2v) is 12.9. The number of rotatable bonds is 5. The molecule has 0 unspecified atom stereocenters. The molecular weight excluding hydrogens is 605 g/mol. The zero-order valence-electron chi connectivity index (χ0n) is 27.4. The van der Waals surface area contributed by atoms with E-state index in [0.29, 0.717) is 0 Å². The van der Waals surface area contributed by atoms with Gasteiger partial charge in [-0.3, -0.25) is 0 Å². The summed E-state index contributed by atoms with van der Waals surface area (Å²) in [5.74, 6) is 0. The summed E-state index contributed by atoms with van der Waals surface area (Å²) in [4.78, 5) is 2.52. The minimum atomic E-state index is 1.12. The second-order valence-electron chi connectivity index (χ2n) is 12.9. The van der Waals surface area contributed by atoms with Gasteiger partial charge in [0.15, 0.2) is 0 Å². The first kappa shape index (κ1) is 28.4. The third-order valence-corrected chi connectivity index (χ3v) is 10.1. The Morgan fingerprint density at radius 1 is 0.340 bits per heavy atom. The van der Waals surface area contributed by atoms with Crippen molar-refractivity contribution in [2.45, 2.75) is 0 Å². The lowest BCUT2D eigenvalue weighted by Crippen LogP contribution is -2.13. The van der Waals surface area contributed by atoms with Crippen LogP contribution in [-0.2, 0) is 0 Å². The van der Waals surface area contributed by atoms with E-state index in [0.717, 1.165) is 22.7 Å². The lowest BCUT2D eigenvalue weighted by Gasteiger charge is -2.31. The van der Waals surface area contributed by atoms with Crippen LogP contribution in [-0.4, -0.2) is 4.57 Å². The summed E-state index contributed by atoms with van der Waals surface area (Å²) >= 11 is 0. The van der Waals surface area contributed by atoms with Crippen LogP contribution in [0.2, 0.25) is 0 Å². The molecule has 0 spiro atoms. The zero-order chi connectivity index (χ0) is 33.0. The second kappa shape index (κ2) is 11.5. The number of hydrogen-bond donors (Lipinski definition) is 0. The highest BCUT2D eigenvalue weighted by molar-refractivity contribution is 6.23. The third-order valence-electron chi connectivity index (χ3n) is 10.1. The molecule has 10 aromatic rings. The molecule has 0 radical (unpaired) electrons. The van der Waals surface area contributed by atoms with Crippen molar-refractivity contribution in [2.24, 2.45) is 0 Å². The third kappa shape index (κ3) is 4.36. The van der Waals surface area contributed by atoms with Crippen LogP contribution in [0.25, 0.3) is 70.9 Å². The van der Waals surface area contributed by atoms with E-state index in [1.165, 1.54) is 65.3 Å². The van der Waals surface area contributed by atoms with Gasteiger partial charge in [-0.2, -0.15) is 0 Å². The summed E-state index contributed by atoms with van der Waals surface area (Å²) in [6.45, 7) is 0. The van der Waals surface area contributed by atoms with E-state index in [9.17, 15) is 0 Å². The fraction of sp³-hybridized carbons (Fsp3) is 0. The molecule has 0 aliphatic heterocycles. The molecule has 2 nitrogen and oxygen atoms in total. The van der Waals surface area contributed by atoms with Crippen LogP contribution in [0.5, 0.6) is 0 Å². The molecule has 1 aromatic heterocycles. The van der Waals surface area contributed by atoms with Crippen molar-refractivity contribution < 1.29 is 0 Å². The summed E-state index contributed by atoms with van der Waals surface area (Å²) in [6.07, 6.45) is 0. The smallest absolute Gasteiger partial charge is 0.0782 e. The van der Waals surface area contributed by atoms with Gasteiger partial charge in [0.05, 0.1) is 28.1 Å². The van der Waals surface area contributed by atoms with Crippen molar-refractivity contribution >= 4 is 71.2 Å². The van der Waals surface area contributed by atoms with Crippen molar-refractivity contribution in [3.05, 3.63) is 194 Å². The molecule has 2 heteroatoms. The molecule has 9 aromatic carbocycles. The van der Waals surface area contributed by atoms with Gasteiger partial charge < -0.3 is 9.47 Å². The molecule has 0 saturated heterocycles. The van der Waals surface area contributed by atoms with Gasteiger partial charge in [0, 0.05) is 27.4 Å². The van der Waals surface area contributed by atoms with E-state index in [-0.39, 0.29) is 0 Å². The van der Waals surface area contributed by atoms with Gasteiger partial charge in [-0.1, -0.05) is 158 Å². The highest BCUT2D eigenvalue weighted by Crippen LogP contribution is 2.49. The topological polar surface area (TPSA) is 8.17 Å². The van der Waals surface area contributed by atoms with Gasteiger partial charge in [-0.15, -0.1) is 0 Å². The largest absolute Gasteiger partial charge is 0.307 e. The number of benzene rings is 9. The van der Waals surface area contributed by atoms with Crippen molar-refractivity contribution in [3.63, 3.8) is 0 Å². The molecule has 0 fully saturated rings. The maximum atomic E-state index is 2.52. The summed E-state index contributed by atoms with van der Waals surface area (Å²) < 4.78 is 2.44. The molecule has 234 valence electrons. The van der Waals surface area contributed by atoms with Gasteiger partial charge in [0.1, 0.15) is 0 Å².